The van der Waals surface area contributed by atoms with Crippen LogP contribution < -0.4 is 15.1 Å². The summed E-state index contributed by atoms with van der Waals surface area (Å²) in [5.41, 5.74) is 5.55. The molecule has 1 saturated heterocycles. The normalized spacial score (nSPS) is 17.5. The van der Waals surface area contributed by atoms with Crippen LogP contribution in [0.15, 0.2) is 23.4 Å². The summed E-state index contributed by atoms with van der Waals surface area (Å²) in [6.45, 7) is 6.41. The highest BCUT2D eigenvalue weighted by Crippen LogP contribution is 2.31. The van der Waals surface area contributed by atoms with Crippen LogP contribution in [0.2, 0.25) is 0 Å². The van der Waals surface area contributed by atoms with Crippen LogP contribution in [0.25, 0.3) is 0 Å². The Kier molecular flexibility index (Phi) is 5.47. The van der Waals surface area contributed by atoms with Crippen LogP contribution in [0.3, 0.4) is 0 Å². The summed E-state index contributed by atoms with van der Waals surface area (Å²) in [6, 6.07) is 3.91. The van der Waals surface area contributed by atoms with E-state index in [9.17, 15) is 4.79 Å². The molecule has 0 radical (unpaired) electrons. The van der Waals surface area contributed by atoms with Crippen molar-refractivity contribution in [1.29, 1.82) is 0 Å². The third kappa shape index (κ3) is 3.99. The summed E-state index contributed by atoms with van der Waals surface area (Å²) < 4.78 is 11.1. The standard InChI is InChI=1S/C17H22N6O3/c1-11-10-23(4-5-26-11)15-6-13(7-16(25-3)12(15)2)8-18-21-17(24)14-9-19-22-20-14/h6-9,11H,4-5,10H2,1-3H3,(H,21,24)(H,19,20,22)/b18-8+. The number of rotatable bonds is 5. The largest absolute Gasteiger partial charge is 0.496 e. The molecule has 0 saturated carbocycles. The zero-order chi connectivity index (χ0) is 18.5. The van der Waals surface area contributed by atoms with E-state index in [-0.39, 0.29) is 11.8 Å². The molecule has 2 aromatic rings. The van der Waals surface area contributed by atoms with E-state index in [0.717, 1.165) is 35.7 Å². The number of ether oxygens (including phenoxy) is 2. The van der Waals surface area contributed by atoms with Gasteiger partial charge in [-0.2, -0.15) is 20.5 Å². The van der Waals surface area contributed by atoms with E-state index in [1.54, 1.807) is 13.3 Å². The van der Waals surface area contributed by atoms with Crippen molar-refractivity contribution in [2.24, 2.45) is 5.10 Å². The average Bonchev–Trinajstić information content (AvgIpc) is 3.17. The molecule has 1 aliphatic heterocycles. The maximum absolute atomic E-state index is 11.8. The van der Waals surface area contributed by atoms with E-state index in [1.807, 2.05) is 19.1 Å². The maximum atomic E-state index is 11.8. The maximum Gasteiger partial charge on any atom is 0.293 e. The van der Waals surface area contributed by atoms with Gasteiger partial charge in [0.15, 0.2) is 5.69 Å². The van der Waals surface area contributed by atoms with Crippen LogP contribution in [-0.4, -0.2) is 60.4 Å². The van der Waals surface area contributed by atoms with Gasteiger partial charge in [0.05, 0.1) is 32.2 Å². The number of H-pyrrole nitrogens is 1. The lowest BCUT2D eigenvalue weighted by Gasteiger charge is -2.34. The Labute approximate surface area is 151 Å². The minimum atomic E-state index is -0.434. The van der Waals surface area contributed by atoms with Crippen molar-refractivity contribution >= 4 is 17.8 Å². The number of anilines is 1. The molecule has 1 aliphatic rings. The van der Waals surface area contributed by atoms with Crippen LogP contribution in [0.4, 0.5) is 5.69 Å². The van der Waals surface area contributed by atoms with Crippen molar-refractivity contribution in [2.75, 3.05) is 31.7 Å². The monoisotopic (exact) mass is 358 g/mol. The minimum Gasteiger partial charge on any atom is -0.496 e. The van der Waals surface area contributed by atoms with Crippen molar-refractivity contribution in [3.63, 3.8) is 0 Å². The third-order valence-corrected chi connectivity index (χ3v) is 4.18. The summed E-state index contributed by atoms with van der Waals surface area (Å²) in [5.74, 6) is 0.335. The predicted molar refractivity (Wildman–Crippen MR) is 96.8 cm³/mol. The molecule has 3 rings (SSSR count). The van der Waals surface area contributed by atoms with E-state index in [0.29, 0.717) is 6.61 Å². The number of methoxy groups -OCH3 is 1. The molecule has 1 fully saturated rings. The Morgan fingerprint density at radius 2 is 2.38 bits per heavy atom. The second-order valence-electron chi connectivity index (χ2n) is 6.05. The molecule has 0 spiro atoms. The summed E-state index contributed by atoms with van der Waals surface area (Å²) in [4.78, 5) is 14.1. The SMILES string of the molecule is COc1cc(/C=N/NC(=O)c2cn[nH]n2)cc(N2CCOC(C)C2)c1C. The van der Waals surface area contributed by atoms with Gasteiger partial charge < -0.3 is 14.4 Å². The third-order valence-electron chi connectivity index (χ3n) is 4.18. The molecule has 26 heavy (non-hydrogen) atoms. The number of nitrogens with zero attached hydrogens (tertiary/aromatic N) is 4. The number of aromatic nitrogens is 3. The summed E-state index contributed by atoms with van der Waals surface area (Å²) >= 11 is 0. The number of amides is 1. The molecule has 2 N–H and O–H groups in total. The van der Waals surface area contributed by atoms with Gasteiger partial charge in [0, 0.05) is 29.9 Å². The fraction of sp³-hybridized carbons (Fsp3) is 0.412. The van der Waals surface area contributed by atoms with Crippen molar-refractivity contribution in [3.8, 4) is 5.75 Å². The molecule has 1 amide bonds. The lowest BCUT2D eigenvalue weighted by Crippen LogP contribution is -2.41. The van der Waals surface area contributed by atoms with Gasteiger partial charge in [-0.25, -0.2) is 5.43 Å². The minimum absolute atomic E-state index is 0.173. The Morgan fingerprint density at radius 1 is 1.54 bits per heavy atom. The Hall–Kier alpha value is -2.94. The number of hydrogen-bond acceptors (Lipinski definition) is 7. The van der Waals surface area contributed by atoms with Crippen molar-refractivity contribution in [1.82, 2.24) is 20.8 Å². The van der Waals surface area contributed by atoms with Gasteiger partial charge in [-0.3, -0.25) is 4.79 Å². The van der Waals surface area contributed by atoms with E-state index in [1.165, 1.54) is 6.20 Å². The van der Waals surface area contributed by atoms with Crippen molar-refractivity contribution in [2.45, 2.75) is 20.0 Å². The number of carbonyl (C=O) groups excluding carboxylic acids is 1. The van der Waals surface area contributed by atoms with E-state index in [4.69, 9.17) is 9.47 Å². The molecule has 1 aromatic carbocycles. The van der Waals surface area contributed by atoms with E-state index < -0.39 is 5.91 Å². The van der Waals surface area contributed by atoms with Gasteiger partial charge in [-0.1, -0.05) is 0 Å². The molecule has 1 atom stereocenters. The lowest BCUT2D eigenvalue weighted by molar-refractivity contribution is 0.0531. The van der Waals surface area contributed by atoms with Crippen LogP contribution in [-0.2, 0) is 4.74 Å². The smallest absolute Gasteiger partial charge is 0.293 e. The molecule has 138 valence electrons. The molecule has 2 heterocycles. The number of benzene rings is 1. The first-order valence-electron chi connectivity index (χ1n) is 8.33. The quantitative estimate of drug-likeness (QED) is 0.613. The first-order valence-corrected chi connectivity index (χ1v) is 8.33. The molecule has 1 aromatic heterocycles. The zero-order valence-electron chi connectivity index (χ0n) is 15.0. The van der Waals surface area contributed by atoms with Gasteiger partial charge in [-0.05, 0) is 26.0 Å². The second kappa shape index (κ2) is 7.96. The first-order chi connectivity index (χ1) is 12.6. The van der Waals surface area contributed by atoms with Crippen molar-refractivity contribution in [3.05, 3.63) is 35.2 Å². The molecule has 0 bridgehead atoms. The topological polar surface area (TPSA) is 105 Å². The van der Waals surface area contributed by atoms with E-state index in [2.05, 4.69) is 37.8 Å². The van der Waals surface area contributed by atoms with E-state index >= 15 is 0 Å². The summed E-state index contributed by atoms with van der Waals surface area (Å²) in [7, 11) is 1.64. The molecular formula is C17H22N6O3. The van der Waals surface area contributed by atoms with Gasteiger partial charge in [0.25, 0.3) is 5.91 Å². The van der Waals surface area contributed by atoms with Crippen LogP contribution >= 0.6 is 0 Å². The number of nitrogens with one attached hydrogen (secondary N) is 2. The second-order valence-corrected chi connectivity index (χ2v) is 6.05. The fourth-order valence-corrected chi connectivity index (χ4v) is 2.88. The molecule has 9 nitrogen and oxygen atoms in total. The van der Waals surface area contributed by atoms with Crippen LogP contribution in [0.1, 0.15) is 28.5 Å². The van der Waals surface area contributed by atoms with Crippen LogP contribution in [0.5, 0.6) is 5.75 Å². The Morgan fingerprint density at radius 3 is 3.08 bits per heavy atom. The highest BCUT2D eigenvalue weighted by atomic mass is 16.5. The zero-order valence-corrected chi connectivity index (χ0v) is 15.0. The number of hydrogen-bond donors (Lipinski definition) is 2. The van der Waals surface area contributed by atoms with Crippen LogP contribution in [0, 0.1) is 6.92 Å². The van der Waals surface area contributed by atoms with Gasteiger partial charge in [0.2, 0.25) is 0 Å². The van der Waals surface area contributed by atoms with Gasteiger partial charge >= 0.3 is 0 Å². The fourth-order valence-electron chi connectivity index (χ4n) is 2.88. The first kappa shape index (κ1) is 17.9. The van der Waals surface area contributed by atoms with Gasteiger partial charge in [0.1, 0.15) is 5.75 Å². The Balaban J connectivity index is 1.79. The average molecular weight is 358 g/mol. The molecule has 1 unspecified atom stereocenters. The summed E-state index contributed by atoms with van der Waals surface area (Å²) in [6.07, 6.45) is 3.08. The number of hydrazone groups is 1. The highest BCUT2D eigenvalue weighted by Gasteiger charge is 2.20. The number of aromatic amines is 1. The molecular weight excluding hydrogens is 336 g/mol. The number of carbonyl (C=O) groups is 1. The summed E-state index contributed by atoms with van der Waals surface area (Å²) in [5, 5.41) is 13.7. The van der Waals surface area contributed by atoms with Gasteiger partial charge in [-0.15, -0.1) is 0 Å². The molecule has 0 aliphatic carbocycles. The van der Waals surface area contributed by atoms with Crippen molar-refractivity contribution < 1.29 is 14.3 Å². The predicted octanol–water partition coefficient (Wildman–Crippen LogP) is 1.11. The number of morpholine rings is 1. The molecule has 9 heteroatoms. The Bertz CT molecular complexity index is 790. The highest BCUT2D eigenvalue weighted by molar-refractivity contribution is 5.93. The lowest BCUT2D eigenvalue weighted by atomic mass is 10.1.